The molecular formula is C20H21N3OS2. The van der Waals surface area contributed by atoms with Crippen LogP contribution in [0.15, 0.2) is 35.3 Å². The van der Waals surface area contributed by atoms with Crippen LogP contribution >= 0.6 is 22.7 Å². The lowest BCUT2D eigenvalue weighted by Crippen LogP contribution is -2.35. The van der Waals surface area contributed by atoms with Crippen LogP contribution in [0.25, 0.3) is 0 Å². The Morgan fingerprint density at radius 3 is 3.04 bits per heavy atom. The molecule has 0 aromatic carbocycles. The van der Waals surface area contributed by atoms with Crippen LogP contribution < -0.4 is 0 Å². The highest BCUT2D eigenvalue weighted by Gasteiger charge is 2.31. The molecule has 1 aliphatic rings. The molecule has 0 amide bonds. The Hall–Kier alpha value is -1.91. The lowest BCUT2D eigenvalue weighted by molar-refractivity contribution is 0.143. The number of fused-ring (bicyclic) bond motifs is 1. The number of hydrogen-bond acceptors (Lipinski definition) is 5. The van der Waals surface area contributed by atoms with Crippen LogP contribution in [0.2, 0.25) is 0 Å². The van der Waals surface area contributed by atoms with Gasteiger partial charge in [-0.3, -0.25) is 4.90 Å². The Bertz CT molecular complexity index is 938. The quantitative estimate of drug-likeness (QED) is 0.677. The number of thiophene rings is 2. The van der Waals surface area contributed by atoms with Crippen LogP contribution in [-0.2, 0) is 13.0 Å². The molecule has 4 heterocycles. The maximum atomic E-state index is 9.77. The molecule has 0 bridgehead atoms. The molecule has 4 nitrogen and oxygen atoms in total. The number of nitrogens with one attached hydrogen (secondary N) is 1. The maximum absolute atomic E-state index is 9.77. The van der Waals surface area contributed by atoms with E-state index in [0.29, 0.717) is 0 Å². The largest absolute Gasteiger partial charge is 0.378 e. The van der Waals surface area contributed by atoms with E-state index in [4.69, 9.17) is 0 Å². The van der Waals surface area contributed by atoms with Gasteiger partial charge in [-0.15, -0.1) is 11.3 Å². The number of rotatable bonds is 3. The second-order valence-corrected chi connectivity index (χ2v) is 8.97. The van der Waals surface area contributed by atoms with Crippen molar-refractivity contribution in [3.8, 4) is 11.8 Å². The molecule has 0 fully saturated rings. The smallest absolute Gasteiger partial charge is 0.120 e. The summed E-state index contributed by atoms with van der Waals surface area (Å²) in [5.74, 6) is 5.96. The van der Waals surface area contributed by atoms with Crippen LogP contribution in [0.5, 0.6) is 0 Å². The Kier molecular flexibility index (Phi) is 4.72. The standard InChI is InChI=1S/C20H21N3OS2/c1-20(2,24)8-5-15-3-4-16(26-15)11-23-9-6-17-18(22-13-21-17)19(23)14-7-10-25-12-14/h3-4,7,10,12-13,19,24H,6,9,11H2,1-2H3,(H,21,22). The lowest BCUT2D eigenvalue weighted by atomic mass is 9.98. The number of aromatic nitrogens is 2. The van der Waals surface area contributed by atoms with Gasteiger partial charge in [0.05, 0.1) is 22.9 Å². The van der Waals surface area contributed by atoms with Crippen molar-refractivity contribution in [1.29, 1.82) is 0 Å². The van der Waals surface area contributed by atoms with Crippen molar-refractivity contribution in [2.24, 2.45) is 0 Å². The highest BCUT2D eigenvalue weighted by atomic mass is 32.1. The van der Waals surface area contributed by atoms with Gasteiger partial charge in [0, 0.05) is 30.1 Å². The van der Waals surface area contributed by atoms with Gasteiger partial charge in [0.25, 0.3) is 0 Å². The van der Waals surface area contributed by atoms with E-state index in [1.165, 1.54) is 16.1 Å². The van der Waals surface area contributed by atoms with Crippen molar-refractivity contribution in [1.82, 2.24) is 14.9 Å². The third-order valence-electron chi connectivity index (χ3n) is 4.40. The zero-order valence-corrected chi connectivity index (χ0v) is 16.5. The summed E-state index contributed by atoms with van der Waals surface area (Å²) in [6.07, 6.45) is 2.80. The van der Waals surface area contributed by atoms with Gasteiger partial charge in [-0.25, -0.2) is 4.98 Å². The predicted octanol–water partition coefficient (Wildman–Crippen LogP) is 3.80. The van der Waals surface area contributed by atoms with Crippen LogP contribution in [0.3, 0.4) is 0 Å². The van der Waals surface area contributed by atoms with Crippen LogP contribution in [-0.4, -0.2) is 32.1 Å². The Balaban J connectivity index is 1.58. The highest BCUT2D eigenvalue weighted by molar-refractivity contribution is 7.12. The molecule has 0 radical (unpaired) electrons. The minimum absolute atomic E-state index is 0.198. The summed E-state index contributed by atoms with van der Waals surface area (Å²) < 4.78 is 0. The number of aromatic amines is 1. The minimum atomic E-state index is -0.961. The van der Waals surface area contributed by atoms with Crippen LogP contribution in [0.4, 0.5) is 0 Å². The number of imidazole rings is 1. The first-order chi connectivity index (χ1) is 12.5. The zero-order valence-electron chi connectivity index (χ0n) is 14.8. The van der Waals surface area contributed by atoms with Crippen molar-refractivity contribution >= 4 is 22.7 Å². The van der Waals surface area contributed by atoms with Crippen molar-refractivity contribution < 1.29 is 5.11 Å². The first kappa shape index (κ1) is 17.5. The van der Waals surface area contributed by atoms with E-state index in [1.54, 1.807) is 36.5 Å². The van der Waals surface area contributed by atoms with Gasteiger partial charge in [0.15, 0.2) is 0 Å². The van der Waals surface area contributed by atoms with Crippen LogP contribution in [0, 0.1) is 11.8 Å². The van der Waals surface area contributed by atoms with Gasteiger partial charge in [-0.2, -0.15) is 11.3 Å². The average Bonchev–Trinajstić information content (AvgIpc) is 3.34. The second kappa shape index (κ2) is 7.01. The van der Waals surface area contributed by atoms with E-state index in [1.807, 2.05) is 12.4 Å². The molecule has 26 heavy (non-hydrogen) atoms. The van der Waals surface area contributed by atoms with Crippen molar-refractivity contribution in [3.05, 3.63) is 62.0 Å². The van der Waals surface area contributed by atoms with Crippen molar-refractivity contribution in [2.75, 3.05) is 6.54 Å². The number of hydrogen-bond donors (Lipinski definition) is 2. The maximum Gasteiger partial charge on any atom is 0.120 e. The fourth-order valence-corrected chi connectivity index (χ4v) is 4.81. The number of aliphatic hydroxyl groups is 1. The van der Waals surface area contributed by atoms with E-state index in [2.05, 4.69) is 49.6 Å². The molecule has 6 heteroatoms. The van der Waals surface area contributed by atoms with Crippen LogP contribution in [0.1, 0.15) is 46.6 Å². The topological polar surface area (TPSA) is 52.1 Å². The third-order valence-corrected chi connectivity index (χ3v) is 6.08. The Morgan fingerprint density at radius 2 is 2.27 bits per heavy atom. The van der Waals surface area contributed by atoms with E-state index in [9.17, 15) is 5.11 Å². The molecule has 1 aliphatic heterocycles. The normalized spacial score (nSPS) is 17.6. The molecule has 0 saturated heterocycles. The Morgan fingerprint density at radius 1 is 1.38 bits per heavy atom. The van der Waals surface area contributed by atoms with E-state index < -0.39 is 5.60 Å². The fourth-order valence-electron chi connectivity index (χ4n) is 3.24. The monoisotopic (exact) mass is 383 g/mol. The summed E-state index contributed by atoms with van der Waals surface area (Å²) in [5, 5.41) is 14.1. The molecule has 0 aliphatic carbocycles. The SMILES string of the molecule is CC(C)(O)C#Cc1ccc(CN2CCc3[nH]cnc3C2c2ccsc2)s1. The highest BCUT2D eigenvalue weighted by Crippen LogP contribution is 2.36. The van der Waals surface area contributed by atoms with E-state index in [0.717, 1.165) is 30.1 Å². The zero-order chi connectivity index (χ0) is 18.1. The molecule has 4 rings (SSSR count). The molecule has 1 atom stereocenters. The molecule has 0 saturated carbocycles. The molecule has 134 valence electrons. The summed E-state index contributed by atoms with van der Waals surface area (Å²) in [5.41, 5.74) is 2.74. The second-order valence-electron chi connectivity index (χ2n) is 7.02. The molecule has 1 unspecified atom stereocenters. The fraction of sp³-hybridized carbons (Fsp3) is 0.350. The van der Waals surface area contributed by atoms with Crippen molar-refractivity contribution in [2.45, 2.75) is 38.5 Å². The molecule has 0 spiro atoms. The first-order valence-corrected chi connectivity index (χ1v) is 10.4. The van der Waals surface area contributed by atoms with Gasteiger partial charge in [-0.1, -0.05) is 11.8 Å². The number of H-pyrrole nitrogens is 1. The van der Waals surface area contributed by atoms with Gasteiger partial charge in [0.1, 0.15) is 5.60 Å². The minimum Gasteiger partial charge on any atom is -0.378 e. The Labute approximate surface area is 161 Å². The summed E-state index contributed by atoms with van der Waals surface area (Å²) in [4.78, 5) is 12.7. The summed E-state index contributed by atoms with van der Waals surface area (Å²) in [6.45, 7) is 5.28. The summed E-state index contributed by atoms with van der Waals surface area (Å²) in [6, 6.07) is 6.58. The molecule has 3 aromatic rings. The molecule has 3 aromatic heterocycles. The van der Waals surface area contributed by atoms with Crippen molar-refractivity contribution in [3.63, 3.8) is 0 Å². The number of nitrogens with zero attached hydrogens (tertiary/aromatic N) is 2. The van der Waals surface area contributed by atoms with E-state index in [-0.39, 0.29) is 6.04 Å². The molecular weight excluding hydrogens is 362 g/mol. The van der Waals surface area contributed by atoms with Gasteiger partial charge in [0.2, 0.25) is 0 Å². The lowest BCUT2D eigenvalue weighted by Gasteiger charge is -2.34. The summed E-state index contributed by atoms with van der Waals surface area (Å²) in [7, 11) is 0. The average molecular weight is 384 g/mol. The first-order valence-electron chi connectivity index (χ1n) is 8.62. The molecule has 2 N–H and O–H groups in total. The van der Waals surface area contributed by atoms with Gasteiger partial charge in [-0.05, 0) is 48.4 Å². The summed E-state index contributed by atoms with van der Waals surface area (Å²) >= 11 is 3.43. The van der Waals surface area contributed by atoms with Gasteiger partial charge >= 0.3 is 0 Å². The van der Waals surface area contributed by atoms with Gasteiger partial charge < -0.3 is 10.1 Å². The van der Waals surface area contributed by atoms with E-state index >= 15 is 0 Å². The third kappa shape index (κ3) is 3.76. The predicted molar refractivity (Wildman–Crippen MR) is 106 cm³/mol.